The highest BCUT2D eigenvalue weighted by Crippen LogP contribution is 2.14. The van der Waals surface area contributed by atoms with Crippen LogP contribution in [-0.4, -0.2) is 47.2 Å². The molecule has 3 amide bonds. The maximum atomic E-state index is 13.6. The van der Waals surface area contributed by atoms with Crippen molar-refractivity contribution >= 4 is 23.4 Å². The molecule has 1 saturated heterocycles. The fraction of sp³-hybridized carbons (Fsp3) is 0.250. The second-order valence-corrected chi connectivity index (χ2v) is 6.47. The molecule has 1 aliphatic heterocycles. The van der Waals surface area contributed by atoms with Gasteiger partial charge >= 0.3 is 11.8 Å². The molecule has 6 nitrogen and oxygen atoms in total. The third-order valence-electron chi connectivity index (χ3n) is 4.34. The number of nitrogens with one attached hydrogen (secondary N) is 1. The molecule has 3 rings (SSSR count). The van der Waals surface area contributed by atoms with Gasteiger partial charge in [0.2, 0.25) is 5.91 Å². The minimum atomic E-state index is -0.724. The third kappa shape index (κ3) is 4.49. The summed E-state index contributed by atoms with van der Waals surface area (Å²) in [5.74, 6) is -2.47. The fourth-order valence-corrected chi connectivity index (χ4v) is 2.97. The summed E-state index contributed by atoms with van der Waals surface area (Å²) in [6.07, 6.45) is 0. The number of amides is 3. The van der Waals surface area contributed by atoms with Gasteiger partial charge in [-0.2, -0.15) is 0 Å². The number of nitrogens with zero attached hydrogens (tertiary/aromatic N) is 2. The van der Waals surface area contributed by atoms with Crippen molar-refractivity contribution in [3.8, 4) is 0 Å². The Kier molecular flexibility index (Phi) is 5.49. The van der Waals surface area contributed by atoms with Gasteiger partial charge in [0, 0.05) is 19.6 Å². The van der Waals surface area contributed by atoms with Gasteiger partial charge in [0.15, 0.2) is 0 Å². The molecule has 0 radical (unpaired) electrons. The molecular formula is C20H20FN3O3. The summed E-state index contributed by atoms with van der Waals surface area (Å²) in [4.78, 5) is 39.4. The zero-order valence-electron chi connectivity index (χ0n) is 14.9. The van der Waals surface area contributed by atoms with Crippen LogP contribution in [0, 0.1) is 12.7 Å². The van der Waals surface area contributed by atoms with E-state index < -0.39 is 23.5 Å². The number of benzene rings is 2. The summed E-state index contributed by atoms with van der Waals surface area (Å²) in [6.45, 7) is 2.61. The van der Waals surface area contributed by atoms with Gasteiger partial charge in [0.05, 0.1) is 5.69 Å². The lowest BCUT2D eigenvalue weighted by Crippen LogP contribution is -2.55. The Bertz CT molecular complexity index is 884. The first-order chi connectivity index (χ1) is 12.9. The number of rotatable bonds is 5. The molecule has 0 bridgehead atoms. The Morgan fingerprint density at radius 1 is 1.04 bits per heavy atom. The first-order valence-corrected chi connectivity index (χ1v) is 8.62. The summed E-state index contributed by atoms with van der Waals surface area (Å²) in [5, 5.41) is 2.42. The number of carbonyl (C=O) groups excluding carboxylic acids is 3. The molecule has 0 unspecified atom stereocenters. The van der Waals surface area contributed by atoms with Crippen molar-refractivity contribution in [1.29, 1.82) is 0 Å². The topological polar surface area (TPSA) is 69.7 Å². The van der Waals surface area contributed by atoms with E-state index in [1.165, 1.54) is 28.0 Å². The molecule has 1 aliphatic rings. The van der Waals surface area contributed by atoms with Crippen LogP contribution in [0.5, 0.6) is 0 Å². The number of aryl methyl sites for hydroxylation is 1. The first-order valence-electron chi connectivity index (χ1n) is 8.62. The van der Waals surface area contributed by atoms with Gasteiger partial charge in [-0.3, -0.25) is 14.4 Å². The molecule has 0 spiro atoms. The van der Waals surface area contributed by atoms with E-state index in [4.69, 9.17) is 0 Å². The molecule has 140 valence electrons. The molecule has 1 fully saturated rings. The summed E-state index contributed by atoms with van der Waals surface area (Å²) in [6, 6.07) is 13.5. The molecular weight excluding hydrogens is 349 g/mol. The van der Waals surface area contributed by atoms with Gasteiger partial charge in [0.25, 0.3) is 0 Å². The van der Waals surface area contributed by atoms with Crippen molar-refractivity contribution in [2.75, 3.05) is 25.0 Å². The predicted octanol–water partition coefficient (Wildman–Crippen LogP) is 1.94. The zero-order chi connectivity index (χ0) is 19.4. The van der Waals surface area contributed by atoms with Crippen molar-refractivity contribution in [3.05, 3.63) is 65.5 Å². The van der Waals surface area contributed by atoms with Gasteiger partial charge in [-0.1, -0.05) is 42.0 Å². The van der Waals surface area contributed by atoms with E-state index in [2.05, 4.69) is 5.32 Å². The van der Waals surface area contributed by atoms with Gasteiger partial charge in [-0.05, 0) is 24.6 Å². The van der Waals surface area contributed by atoms with Gasteiger partial charge < -0.3 is 15.1 Å². The van der Waals surface area contributed by atoms with Crippen molar-refractivity contribution in [2.24, 2.45) is 0 Å². The second-order valence-electron chi connectivity index (χ2n) is 6.47. The SMILES string of the molecule is Cc1cccc(CN2CCN(CC(=O)Nc3ccccc3F)C(=O)C2=O)c1. The van der Waals surface area contributed by atoms with Gasteiger partial charge in [-0.25, -0.2) is 4.39 Å². The Balaban J connectivity index is 1.58. The molecule has 0 aromatic heterocycles. The Morgan fingerprint density at radius 3 is 2.48 bits per heavy atom. The quantitative estimate of drug-likeness (QED) is 0.819. The fourth-order valence-electron chi connectivity index (χ4n) is 2.97. The average Bonchev–Trinajstić information content (AvgIpc) is 2.63. The molecule has 0 atom stereocenters. The molecule has 7 heteroatoms. The number of carbonyl (C=O) groups is 3. The van der Waals surface area contributed by atoms with E-state index in [0.29, 0.717) is 13.1 Å². The van der Waals surface area contributed by atoms with E-state index in [1.807, 2.05) is 31.2 Å². The van der Waals surface area contributed by atoms with Crippen LogP contribution in [0.3, 0.4) is 0 Å². The Hall–Kier alpha value is -3.22. The lowest BCUT2D eigenvalue weighted by atomic mass is 10.1. The summed E-state index contributed by atoms with van der Waals surface area (Å²) < 4.78 is 13.6. The Labute approximate surface area is 156 Å². The summed E-state index contributed by atoms with van der Waals surface area (Å²) >= 11 is 0. The van der Waals surface area contributed by atoms with Crippen LogP contribution in [0.25, 0.3) is 0 Å². The number of piperazine rings is 1. The minimum absolute atomic E-state index is 0.0411. The molecule has 0 saturated carbocycles. The molecule has 27 heavy (non-hydrogen) atoms. The highest BCUT2D eigenvalue weighted by atomic mass is 19.1. The monoisotopic (exact) mass is 369 g/mol. The van der Waals surface area contributed by atoms with Gasteiger partial charge in [0.1, 0.15) is 12.4 Å². The van der Waals surface area contributed by atoms with Gasteiger partial charge in [-0.15, -0.1) is 0 Å². The molecule has 1 N–H and O–H groups in total. The van der Waals surface area contributed by atoms with Crippen LogP contribution in [0.15, 0.2) is 48.5 Å². The van der Waals surface area contributed by atoms with Crippen LogP contribution >= 0.6 is 0 Å². The number of para-hydroxylation sites is 1. The molecule has 2 aromatic carbocycles. The molecule has 2 aromatic rings. The van der Waals surface area contributed by atoms with Crippen molar-refractivity contribution < 1.29 is 18.8 Å². The van der Waals surface area contributed by atoms with E-state index in [-0.39, 0.29) is 18.8 Å². The highest BCUT2D eigenvalue weighted by molar-refractivity contribution is 6.35. The van der Waals surface area contributed by atoms with E-state index in [1.54, 1.807) is 6.07 Å². The van der Waals surface area contributed by atoms with Crippen LogP contribution in [0.2, 0.25) is 0 Å². The van der Waals surface area contributed by atoms with Crippen LogP contribution in [-0.2, 0) is 20.9 Å². The minimum Gasteiger partial charge on any atom is -0.328 e. The highest BCUT2D eigenvalue weighted by Gasteiger charge is 2.33. The summed E-state index contributed by atoms with van der Waals surface area (Å²) in [5.41, 5.74) is 2.07. The normalized spacial score (nSPS) is 14.4. The van der Waals surface area contributed by atoms with E-state index in [0.717, 1.165) is 11.1 Å². The van der Waals surface area contributed by atoms with Crippen LogP contribution < -0.4 is 5.32 Å². The van der Waals surface area contributed by atoms with Crippen LogP contribution in [0.1, 0.15) is 11.1 Å². The lowest BCUT2D eigenvalue weighted by molar-refractivity contribution is -0.157. The lowest BCUT2D eigenvalue weighted by Gasteiger charge is -2.33. The molecule has 0 aliphatic carbocycles. The predicted molar refractivity (Wildman–Crippen MR) is 98.2 cm³/mol. The van der Waals surface area contributed by atoms with Crippen molar-refractivity contribution in [3.63, 3.8) is 0 Å². The zero-order valence-corrected chi connectivity index (χ0v) is 14.9. The number of anilines is 1. The van der Waals surface area contributed by atoms with Crippen molar-refractivity contribution in [2.45, 2.75) is 13.5 Å². The maximum Gasteiger partial charge on any atom is 0.312 e. The van der Waals surface area contributed by atoms with E-state index >= 15 is 0 Å². The number of halogens is 1. The molecule has 1 heterocycles. The van der Waals surface area contributed by atoms with Crippen LogP contribution in [0.4, 0.5) is 10.1 Å². The smallest absolute Gasteiger partial charge is 0.312 e. The Morgan fingerprint density at radius 2 is 1.74 bits per heavy atom. The average molecular weight is 369 g/mol. The first kappa shape index (κ1) is 18.6. The third-order valence-corrected chi connectivity index (χ3v) is 4.34. The second kappa shape index (κ2) is 7.99. The number of hydrogen-bond donors (Lipinski definition) is 1. The number of hydrogen-bond acceptors (Lipinski definition) is 3. The standard InChI is InChI=1S/C20H20FN3O3/c1-14-5-4-6-15(11-14)12-23-9-10-24(20(27)19(23)26)13-18(25)22-17-8-3-2-7-16(17)21/h2-8,11H,9-10,12-13H2,1H3,(H,22,25). The maximum absolute atomic E-state index is 13.6. The summed E-state index contributed by atoms with van der Waals surface area (Å²) in [7, 11) is 0. The van der Waals surface area contributed by atoms with E-state index in [9.17, 15) is 18.8 Å². The largest absolute Gasteiger partial charge is 0.328 e. The van der Waals surface area contributed by atoms with Crippen molar-refractivity contribution in [1.82, 2.24) is 9.80 Å².